The maximum absolute atomic E-state index is 4.31. The van der Waals surface area contributed by atoms with Gasteiger partial charge in [0.25, 0.3) is 0 Å². The van der Waals surface area contributed by atoms with Crippen molar-refractivity contribution in [1.29, 1.82) is 0 Å². The Morgan fingerprint density at radius 3 is 2.62 bits per heavy atom. The average Bonchev–Trinajstić information content (AvgIpc) is 2.04. The van der Waals surface area contributed by atoms with E-state index < -0.39 is 0 Å². The summed E-state index contributed by atoms with van der Waals surface area (Å²) in [7, 11) is 2.07. The van der Waals surface area contributed by atoms with Crippen molar-refractivity contribution in [3.05, 3.63) is 22.8 Å². The van der Waals surface area contributed by atoms with Gasteiger partial charge in [-0.15, -0.1) is 0 Å². The fraction of sp³-hybridized carbons (Fsp3) is 0.500. The van der Waals surface area contributed by atoms with Gasteiger partial charge in [0.15, 0.2) is 0 Å². The smallest absolute Gasteiger partial charge is 0.128 e. The largest absolute Gasteiger partial charge is 0.359 e. The van der Waals surface area contributed by atoms with Crippen molar-refractivity contribution in [1.82, 2.24) is 4.98 Å². The zero-order valence-corrected chi connectivity index (χ0v) is 9.87. The first kappa shape index (κ1) is 10.5. The first-order valence-electron chi connectivity index (χ1n) is 4.42. The lowest BCUT2D eigenvalue weighted by Crippen LogP contribution is -2.23. The van der Waals surface area contributed by atoms with Crippen LogP contribution in [0.5, 0.6) is 0 Å². The Morgan fingerprint density at radius 2 is 2.15 bits per heavy atom. The zero-order chi connectivity index (χ0) is 9.84. The normalized spacial score (nSPS) is 10.5. The fourth-order valence-electron chi connectivity index (χ4n) is 1.24. The molecule has 1 heterocycles. The predicted molar refractivity (Wildman–Crippen MR) is 60.0 cm³/mol. The van der Waals surface area contributed by atoms with Crippen LogP contribution in [-0.2, 0) is 0 Å². The molecule has 0 aliphatic rings. The third-order valence-electron chi connectivity index (χ3n) is 1.74. The number of nitrogens with zero attached hydrogens (tertiary/aromatic N) is 2. The first-order chi connectivity index (χ1) is 6.09. The predicted octanol–water partition coefficient (Wildman–Crippen LogP) is 2.94. The Balaban J connectivity index is 2.66. The minimum atomic E-state index is 0.662. The molecule has 0 spiro atoms. The maximum atomic E-state index is 4.31. The van der Waals surface area contributed by atoms with E-state index >= 15 is 0 Å². The highest BCUT2D eigenvalue weighted by Gasteiger charge is 2.03. The molecule has 0 unspecified atom stereocenters. The number of pyridine rings is 1. The summed E-state index contributed by atoms with van der Waals surface area (Å²) in [5, 5.41) is 0. The van der Waals surface area contributed by atoms with Gasteiger partial charge in [-0.05, 0) is 34.0 Å². The van der Waals surface area contributed by atoms with Crippen molar-refractivity contribution in [3.63, 3.8) is 0 Å². The van der Waals surface area contributed by atoms with Crippen molar-refractivity contribution >= 4 is 21.7 Å². The quantitative estimate of drug-likeness (QED) is 0.811. The van der Waals surface area contributed by atoms with Crippen molar-refractivity contribution in [2.24, 2.45) is 5.92 Å². The van der Waals surface area contributed by atoms with E-state index in [1.807, 2.05) is 18.3 Å². The standard InChI is InChI=1S/C10H15BrN2/c1-8(2)7-13(3)10-5-4-9(11)6-12-10/h4-6,8H,7H2,1-3H3. The second-order valence-corrected chi connectivity index (χ2v) is 4.52. The molecule has 0 aliphatic heterocycles. The molecular formula is C10H15BrN2. The summed E-state index contributed by atoms with van der Waals surface area (Å²) in [4.78, 5) is 6.47. The van der Waals surface area contributed by atoms with Gasteiger partial charge in [0.2, 0.25) is 0 Å². The highest BCUT2D eigenvalue weighted by Crippen LogP contribution is 2.14. The molecule has 0 radical (unpaired) electrons. The van der Waals surface area contributed by atoms with E-state index in [1.54, 1.807) is 0 Å². The third kappa shape index (κ3) is 3.35. The lowest BCUT2D eigenvalue weighted by atomic mass is 10.2. The van der Waals surface area contributed by atoms with E-state index in [-0.39, 0.29) is 0 Å². The summed E-state index contributed by atoms with van der Waals surface area (Å²) >= 11 is 3.36. The van der Waals surface area contributed by atoms with Gasteiger partial charge in [-0.3, -0.25) is 0 Å². The van der Waals surface area contributed by atoms with Crippen molar-refractivity contribution in [2.75, 3.05) is 18.5 Å². The first-order valence-corrected chi connectivity index (χ1v) is 5.21. The molecule has 1 rings (SSSR count). The van der Waals surface area contributed by atoms with Crippen LogP contribution in [0.25, 0.3) is 0 Å². The highest BCUT2D eigenvalue weighted by molar-refractivity contribution is 9.10. The number of halogens is 1. The van der Waals surface area contributed by atoms with Gasteiger partial charge in [0.05, 0.1) is 0 Å². The molecule has 72 valence electrons. The molecule has 3 heteroatoms. The Labute approximate surface area is 88.1 Å². The number of anilines is 1. The molecule has 0 aromatic carbocycles. The molecular weight excluding hydrogens is 228 g/mol. The van der Waals surface area contributed by atoms with Crippen LogP contribution in [0.3, 0.4) is 0 Å². The second-order valence-electron chi connectivity index (χ2n) is 3.61. The van der Waals surface area contributed by atoms with E-state index in [9.17, 15) is 0 Å². The van der Waals surface area contributed by atoms with Crippen molar-refractivity contribution < 1.29 is 0 Å². The van der Waals surface area contributed by atoms with Crippen molar-refractivity contribution in [3.8, 4) is 0 Å². The van der Waals surface area contributed by atoms with Crippen LogP contribution in [0.1, 0.15) is 13.8 Å². The van der Waals surface area contributed by atoms with Crippen LogP contribution in [-0.4, -0.2) is 18.6 Å². The molecule has 1 aromatic rings. The summed E-state index contributed by atoms with van der Waals surface area (Å²) in [6.07, 6.45) is 1.83. The van der Waals surface area contributed by atoms with Gasteiger partial charge in [0.1, 0.15) is 5.82 Å². The van der Waals surface area contributed by atoms with Crippen LogP contribution in [0, 0.1) is 5.92 Å². The van der Waals surface area contributed by atoms with E-state index in [1.165, 1.54) is 0 Å². The molecule has 0 atom stereocenters. The minimum Gasteiger partial charge on any atom is -0.359 e. The van der Waals surface area contributed by atoms with Crippen LogP contribution in [0.15, 0.2) is 22.8 Å². The fourth-order valence-corrected chi connectivity index (χ4v) is 1.47. The average molecular weight is 243 g/mol. The van der Waals surface area contributed by atoms with E-state index in [0.29, 0.717) is 5.92 Å². The molecule has 0 N–H and O–H groups in total. The van der Waals surface area contributed by atoms with Gasteiger partial charge < -0.3 is 4.90 Å². The molecule has 0 saturated heterocycles. The SMILES string of the molecule is CC(C)CN(C)c1ccc(Br)cn1. The Bertz CT molecular complexity index is 256. The van der Waals surface area contributed by atoms with Crippen molar-refractivity contribution in [2.45, 2.75) is 13.8 Å². The topological polar surface area (TPSA) is 16.1 Å². The number of rotatable bonds is 3. The van der Waals surface area contributed by atoms with Gasteiger partial charge in [0, 0.05) is 24.3 Å². The van der Waals surface area contributed by atoms with Gasteiger partial charge in [-0.25, -0.2) is 4.98 Å². The summed E-state index contributed by atoms with van der Waals surface area (Å²) in [6.45, 7) is 5.44. The lowest BCUT2D eigenvalue weighted by Gasteiger charge is -2.19. The Kier molecular flexibility index (Phi) is 3.72. The molecule has 0 aliphatic carbocycles. The third-order valence-corrected chi connectivity index (χ3v) is 2.21. The van der Waals surface area contributed by atoms with Gasteiger partial charge in [-0.2, -0.15) is 0 Å². The zero-order valence-electron chi connectivity index (χ0n) is 8.29. The monoisotopic (exact) mass is 242 g/mol. The molecule has 0 amide bonds. The lowest BCUT2D eigenvalue weighted by molar-refractivity contribution is 0.634. The van der Waals surface area contributed by atoms with E-state index in [0.717, 1.165) is 16.8 Å². The maximum Gasteiger partial charge on any atom is 0.128 e. The van der Waals surface area contributed by atoms with Crippen LogP contribution in [0.4, 0.5) is 5.82 Å². The molecule has 13 heavy (non-hydrogen) atoms. The molecule has 0 bridgehead atoms. The summed E-state index contributed by atoms with van der Waals surface area (Å²) in [5.74, 6) is 1.69. The highest BCUT2D eigenvalue weighted by atomic mass is 79.9. The molecule has 1 aromatic heterocycles. The molecule has 2 nitrogen and oxygen atoms in total. The molecule has 0 saturated carbocycles. The van der Waals surface area contributed by atoms with Crippen LogP contribution in [0.2, 0.25) is 0 Å². The number of aromatic nitrogens is 1. The second kappa shape index (κ2) is 4.61. The Morgan fingerprint density at radius 1 is 1.46 bits per heavy atom. The number of hydrogen-bond acceptors (Lipinski definition) is 2. The van der Waals surface area contributed by atoms with E-state index in [2.05, 4.69) is 46.7 Å². The number of hydrogen-bond donors (Lipinski definition) is 0. The summed E-state index contributed by atoms with van der Waals surface area (Å²) < 4.78 is 1.02. The van der Waals surface area contributed by atoms with Gasteiger partial charge in [-0.1, -0.05) is 13.8 Å². The van der Waals surface area contributed by atoms with Crippen LogP contribution >= 0.6 is 15.9 Å². The Hall–Kier alpha value is -0.570. The molecule has 0 fully saturated rings. The van der Waals surface area contributed by atoms with Crippen LogP contribution < -0.4 is 4.90 Å². The summed E-state index contributed by atoms with van der Waals surface area (Å²) in [6, 6.07) is 4.03. The van der Waals surface area contributed by atoms with E-state index in [4.69, 9.17) is 0 Å². The van der Waals surface area contributed by atoms with Gasteiger partial charge >= 0.3 is 0 Å². The minimum absolute atomic E-state index is 0.662. The summed E-state index contributed by atoms with van der Waals surface area (Å²) in [5.41, 5.74) is 0.